The first-order valence-corrected chi connectivity index (χ1v) is 12.1. The molecule has 5 rings (SSSR count). The maximum absolute atomic E-state index is 13.2. The number of hydrogen-bond acceptors (Lipinski definition) is 5. The summed E-state index contributed by atoms with van der Waals surface area (Å²) in [6.45, 7) is 12.0. The SMILES string of the molecule is CCN(CC)c1ccc2c(c1)Oc1cc(N(CC)CC)ccc1C21c2ccccc2C(=O)N1O. The Hall–Kier alpha value is -3.51. The highest BCUT2D eigenvalue weighted by molar-refractivity contribution is 6.01. The lowest BCUT2D eigenvalue weighted by atomic mass is 9.75. The lowest BCUT2D eigenvalue weighted by Crippen LogP contribution is -2.45. The van der Waals surface area contributed by atoms with Crippen molar-refractivity contribution in [2.24, 2.45) is 0 Å². The summed E-state index contributed by atoms with van der Waals surface area (Å²) in [5, 5.41) is 12.3. The summed E-state index contributed by atoms with van der Waals surface area (Å²) in [4.78, 5) is 17.7. The zero-order valence-corrected chi connectivity index (χ0v) is 20.2. The monoisotopic (exact) mass is 457 g/mol. The van der Waals surface area contributed by atoms with E-state index in [4.69, 9.17) is 4.74 Å². The van der Waals surface area contributed by atoms with Crippen molar-refractivity contribution in [3.8, 4) is 11.5 Å². The first kappa shape index (κ1) is 22.3. The van der Waals surface area contributed by atoms with Gasteiger partial charge in [0, 0.05) is 71.9 Å². The highest BCUT2D eigenvalue weighted by Gasteiger charge is 2.56. The van der Waals surface area contributed by atoms with Crippen LogP contribution in [0.5, 0.6) is 11.5 Å². The summed E-state index contributed by atoms with van der Waals surface area (Å²) in [7, 11) is 0. The predicted molar refractivity (Wildman–Crippen MR) is 134 cm³/mol. The first-order valence-electron chi connectivity index (χ1n) is 12.1. The number of carbonyl (C=O) groups is 1. The van der Waals surface area contributed by atoms with Gasteiger partial charge in [-0.05, 0) is 45.9 Å². The molecule has 0 fully saturated rings. The second kappa shape index (κ2) is 8.37. The van der Waals surface area contributed by atoms with Crippen LogP contribution in [0.3, 0.4) is 0 Å². The van der Waals surface area contributed by atoms with Crippen molar-refractivity contribution in [2.45, 2.75) is 33.2 Å². The number of ether oxygens (including phenoxy) is 1. The normalized spacial score (nSPS) is 15.0. The molecular weight excluding hydrogens is 426 g/mol. The van der Waals surface area contributed by atoms with Gasteiger partial charge in [0.2, 0.25) is 0 Å². The van der Waals surface area contributed by atoms with E-state index in [1.165, 1.54) is 0 Å². The molecule has 2 heterocycles. The van der Waals surface area contributed by atoms with Crippen LogP contribution in [0.4, 0.5) is 11.4 Å². The fourth-order valence-electron chi connectivity index (χ4n) is 5.51. The molecule has 176 valence electrons. The molecule has 0 radical (unpaired) electrons. The molecule has 2 aliphatic rings. The van der Waals surface area contributed by atoms with Crippen molar-refractivity contribution >= 4 is 17.3 Å². The van der Waals surface area contributed by atoms with Gasteiger partial charge in [-0.15, -0.1) is 0 Å². The van der Waals surface area contributed by atoms with Crippen LogP contribution >= 0.6 is 0 Å². The van der Waals surface area contributed by atoms with Crippen molar-refractivity contribution in [3.63, 3.8) is 0 Å². The summed E-state index contributed by atoms with van der Waals surface area (Å²) in [5.41, 5.74) is 3.71. The second-order valence-corrected chi connectivity index (χ2v) is 8.68. The summed E-state index contributed by atoms with van der Waals surface area (Å²) in [6, 6.07) is 19.6. The first-order chi connectivity index (χ1) is 16.5. The van der Waals surface area contributed by atoms with Crippen LogP contribution in [0.2, 0.25) is 0 Å². The summed E-state index contributed by atoms with van der Waals surface area (Å²) >= 11 is 0. The van der Waals surface area contributed by atoms with Gasteiger partial charge < -0.3 is 14.5 Å². The van der Waals surface area contributed by atoms with Crippen LogP contribution in [0.15, 0.2) is 60.7 Å². The molecule has 3 aromatic carbocycles. The third-order valence-corrected chi connectivity index (χ3v) is 7.24. The molecule has 2 aliphatic heterocycles. The second-order valence-electron chi connectivity index (χ2n) is 8.68. The number of rotatable bonds is 6. The molecule has 0 aliphatic carbocycles. The van der Waals surface area contributed by atoms with Gasteiger partial charge >= 0.3 is 0 Å². The van der Waals surface area contributed by atoms with Gasteiger partial charge in [0.25, 0.3) is 5.91 Å². The van der Waals surface area contributed by atoms with Gasteiger partial charge in [0.15, 0.2) is 5.54 Å². The predicted octanol–water partition coefficient (Wildman–Crippen LogP) is 5.62. The standard InChI is InChI=1S/C28H31N3O3/c1-5-29(6-2)19-13-15-23-25(17-19)34-26-18-20(30(7-3)8-4)14-16-24(26)28(23)22-12-10-9-11-21(22)27(32)31(28)33/h9-18,33H,5-8H2,1-4H3. The van der Waals surface area contributed by atoms with E-state index in [2.05, 4.69) is 37.5 Å². The number of anilines is 2. The summed E-state index contributed by atoms with van der Waals surface area (Å²) < 4.78 is 6.52. The maximum Gasteiger partial charge on any atom is 0.279 e. The van der Waals surface area contributed by atoms with E-state index in [0.717, 1.165) is 59.3 Å². The molecule has 1 amide bonds. The van der Waals surface area contributed by atoms with Crippen molar-refractivity contribution in [1.29, 1.82) is 0 Å². The average molecular weight is 458 g/mol. The van der Waals surface area contributed by atoms with E-state index in [1.54, 1.807) is 6.07 Å². The van der Waals surface area contributed by atoms with Gasteiger partial charge in [0.05, 0.1) is 0 Å². The molecule has 1 N–H and O–H groups in total. The van der Waals surface area contributed by atoms with E-state index in [1.807, 2.05) is 54.6 Å². The molecule has 0 saturated heterocycles. The van der Waals surface area contributed by atoms with Crippen LogP contribution in [0, 0.1) is 0 Å². The zero-order chi connectivity index (χ0) is 24.0. The molecule has 3 aromatic rings. The molecule has 0 atom stereocenters. The fraction of sp³-hybridized carbons (Fsp3) is 0.321. The fourth-order valence-corrected chi connectivity index (χ4v) is 5.51. The Labute approximate surface area is 200 Å². The van der Waals surface area contributed by atoms with E-state index < -0.39 is 11.4 Å². The Morgan fingerprint density at radius 3 is 1.76 bits per heavy atom. The van der Waals surface area contributed by atoms with Gasteiger partial charge in [-0.3, -0.25) is 10.0 Å². The minimum atomic E-state index is -1.17. The molecule has 6 heteroatoms. The van der Waals surface area contributed by atoms with Crippen molar-refractivity contribution in [1.82, 2.24) is 5.06 Å². The Kier molecular flexibility index (Phi) is 5.48. The van der Waals surface area contributed by atoms with E-state index >= 15 is 0 Å². The zero-order valence-electron chi connectivity index (χ0n) is 20.2. The number of benzene rings is 3. The highest BCUT2D eigenvalue weighted by atomic mass is 16.5. The Bertz CT molecular complexity index is 1190. The summed E-state index contributed by atoms with van der Waals surface area (Å²) in [6.07, 6.45) is 0. The maximum atomic E-state index is 13.2. The van der Waals surface area contributed by atoms with Gasteiger partial charge in [-0.1, -0.05) is 30.3 Å². The molecule has 1 spiro atoms. The molecular formula is C28H31N3O3. The van der Waals surface area contributed by atoms with E-state index in [-0.39, 0.29) is 0 Å². The van der Waals surface area contributed by atoms with Crippen LogP contribution in [0.1, 0.15) is 54.7 Å². The lowest BCUT2D eigenvalue weighted by molar-refractivity contribution is -0.102. The number of hydroxylamine groups is 2. The van der Waals surface area contributed by atoms with Crippen molar-refractivity contribution < 1.29 is 14.7 Å². The van der Waals surface area contributed by atoms with Crippen LogP contribution < -0.4 is 14.5 Å². The number of nitrogens with zero attached hydrogens (tertiary/aromatic N) is 3. The van der Waals surface area contributed by atoms with Crippen molar-refractivity contribution in [3.05, 3.63) is 82.9 Å². The molecule has 0 aromatic heterocycles. The topological polar surface area (TPSA) is 56.2 Å². The highest BCUT2D eigenvalue weighted by Crippen LogP contribution is 2.57. The third kappa shape index (κ3) is 2.95. The molecule has 0 saturated carbocycles. The number of fused-ring (bicyclic) bond motifs is 6. The van der Waals surface area contributed by atoms with Gasteiger partial charge in [-0.2, -0.15) is 0 Å². The Morgan fingerprint density at radius 1 is 0.765 bits per heavy atom. The summed E-state index contributed by atoms with van der Waals surface area (Å²) in [5.74, 6) is 0.893. The molecule has 0 unspecified atom stereocenters. The van der Waals surface area contributed by atoms with Crippen LogP contribution in [-0.4, -0.2) is 42.4 Å². The number of hydrogen-bond donors (Lipinski definition) is 1. The Balaban J connectivity index is 1.80. The Morgan fingerprint density at radius 2 is 1.26 bits per heavy atom. The average Bonchev–Trinajstić information content (AvgIpc) is 3.08. The smallest absolute Gasteiger partial charge is 0.279 e. The minimum Gasteiger partial charge on any atom is -0.456 e. The van der Waals surface area contributed by atoms with Crippen molar-refractivity contribution in [2.75, 3.05) is 36.0 Å². The van der Waals surface area contributed by atoms with Gasteiger partial charge in [0.1, 0.15) is 11.5 Å². The van der Waals surface area contributed by atoms with Crippen LogP contribution in [0.25, 0.3) is 0 Å². The largest absolute Gasteiger partial charge is 0.456 e. The van der Waals surface area contributed by atoms with Crippen LogP contribution in [-0.2, 0) is 5.54 Å². The van der Waals surface area contributed by atoms with E-state index in [9.17, 15) is 10.0 Å². The number of carbonyl (C=O) groups excluding carboxylic acids is 1. The minimum absolute atomic E-state index is 0.407. The third-order valence-electron chi connectivity index (χ3n) is 7.24. The quantitative estimate of drug-likeness (QED) is 0.487. The lowest BCUT2D eigenvalue weighted by Gasteiger charge is -2.41. The number of amides is 1. The molecule has 0 bridgehead atoms. The van der Waals surface area contributed by atoms with E-state index in [0.29, 0.717) is 17.1 Å². The molecule has 6 nitrogen and oxygen atoms in total. The molecule has 34 heavy (non-hydrogen) atoms. The van der Waals surface area contributed by atoms with Gasteiger partial charge in [-0.25, -0.2) is 5.06 Å².